The molecule has 15 heavy (non-hydrogen) atoms. The molecule has 1 aromatic heterocycles. The van der Waals surface area contributed by atoms with Gasteiger partial charge in [0.15, 0.2) is 0 Å². The SMILES string of the molecule is NC12CC(c3nc4ccccc4[nH]3)(C1)C2. The molecule has 3 aliphatic rings. The van der Waals surface area contributed by atoms with Gasteiger partial charge in [0.2, 0.25) is 0 Å². The maximum absolute atomic E-state index is 6.06. The van der Waals surface area contributed by atoms with E-state index in [4.69, 9.17) is 5.73 Å². The van der Waals surface area contributed by atoms with Gasteiger partial charge in [-0.05, 0) is 31.4 Å². The normalized spacial score (nSPS) is 37.4. The van der Waals surface area contributed by atoms with E-state index in [0.29, 0.717) is 5.41 Å². The number of nitrogens with zero attached hydrogens (tertiary/aromatic N) is 1. The molecule has 0 atom stereocenters. The number of imidazole rings is 1. The predicted molar refractivity (Wildman–Crippen MR) is 58.5 cm³/mol. The molecule has 0 saturated heterocycles. The number of fused-ring (bicyclic) bond motifs is 1. The fourth-order valence-electron chi connectivity index (χ4n) is 3.32. The minimum atomic E-state index is 0.152. The Morgan fingerprint density at radius 3 is 2.60 bits per heavy atom. The zero-order valence-electron chi connectivity index (χ0n) is 8.46. The summed E-state index contributed by atoms with van der Waals surface area (Å²) in [6, 6.07) is 8.20. The Hall–Kier alpha value is -1.35. The third-order valence-electron chi connectivity index (χ3n) is 3.96. The van der Waals surface area contributed by atoms with Crippen LogP contribution in [0.25, 0.3) is 11.0 Å². The zero-order valence-corrected chi connectivity index (χ0v) is 8.46. The van der Waals surface area contributed by atoms with Crippen LogP contribution >= 0.6 is 0 Å². The second kappa shape index (κ2) is 2.09. The summed E-state index contributed by atoms with van der Waals surface area (Å²) in [5.41, 5.74) is 8.73. The van der Waals surface area contributed by atoms with E-state index in [9.17, 15) is 0 Å². The third-order valence-corrected chi connectivity index (χ3v) is 3.96. The molecular formula is C12H13N3. The molecule has 0 unspecified atom stereocenters. The Labute approximate surface area is 87.7 Å². The summed E-state index contributed by atoms with van der Waals surface area (Å²) in [5.74, 6) is 1.15. The van der Waals surface area contributed by atoms with Crippen LogP contribution in [0.1, 0.15) is 25.1 Å². The van der Waals surface area contributed by atoms with Crippen molar-refractivity contribution >= 4 is 11.0 Å². The number of nitrogens with one attached hydrogen (secondary N) is 1. The van der Waals surface area contributed by atoms with Crippen LogP contribution in [-0.4, -0.2) is 15.5 Å². The summed E-state index contributed by atoms with van der Waals surface area (Å²) in [4.78, 5) is 8.09. The Balaban J connectivity index is 1.83. The highest BCUT2D eigenvalue weighted by atomic mass is 15.0. The van der Waals surface area contributed by atoms with Crippen LogP contribution in [0.3, 0.4) is 0 Å². The van der Waals surface area contributed by atoms with E-state index in [2.05, 4.69) is 22.1 Å². The lowest BCUT2D eigenvalue weighted by atomic mass is 9.39. The molecule has 5 rings (SSSR count). The molecule has 3 N–H and O–H groups in total. The maximum atomic E-state index is 6.06. The smallest absolute Gasteiger partial charge is 0.113 e. The highest BCUT2D eigenvalue weighted by molar-refractivity contribution is 5.75. The quantitative estimate of drug-likeness (QED) is 0.734. The molecule has 0 spiro atoms. The average molecular weight is 199 g/mol. The summed E-state index contributed by atoms with van der Waals surface area (Å²) in [5, 5.41) is 0. The highest BCUT2D eigenvalue weighted by Crippen LogP contribution is 2.65. The van der Waals surface area contributed by atoms with Gasteiger partial charge in [-0.25, -0.2) is 4.98 Å². The van der Waals surface area contributed by atoms with Gasteiger partial charge in [0, 0.05) is 11.0 Å². The Kier molecular flexibility index (Phi) is 1.10. The van der Waals surface area contributed by atoms with Crippen LogP contribution in [0, 0.1) is 0 Å². The van der Waals surface area contributed by atoms with Gasteiger partial charge in [-0.15, -0.1) is 0 Å². The van der Waals surface area contributed by atoms with Crippen molar-refractivity contribution in [3.05, 3.63) is 30.1 Å². The van der Waals surface area contributed by atoms with Crippen molar-refractivity contribution in [2.24, 2.45) is 5.73 Å². The largest absolute Gasteiger partial charge is 0.342 e. The number of para-hydroxylation sites is 2. The van der Waals surface area contributed by atoms with Crippen molar-refractivity contribution in [2.45, 2.75) is 30.2 Å². The summed E-state index contributed by atoms with van der Waals surface area (Å²) in [7, 11) is 0. The standard InChI is InChI=1S/C12H13N3/c13-12-5-11(6-12,7-12)10-14-8-3-1-2-4-9(8)15-10/h1-4H,5-7,13H2,(H,14,15). The van der Waals surface area contributed by atoms with E-state index in [0.717, 1.165) is 36.1 Å². The minimum Gasteiger partial charge on any atom is -0.342 e. The number of hydrogen-bond acceptors (Lipinski definition) is 2. The van der Waals surface area contributed by atoms with Gasteiger partial charge in [0.05, 0.1) is 11.0 Å². The number of rotatable bonds is 1. The number of hydrogen-bond donors (Lipinski definition) is 2. The summed E-state index contributed by atoms with van der Waals surface area (Å²) in [6.07, 6.45) is 3.33. The van der Waals surface area contributed by atoms with E-state index in [1.807, 2.05) is 12.1 Å². The van der Waals surface area contributed by atoms with Crippen molar-refractivity contribution in [1.82, 2.24) is 9.97 Å². The van der Waals surface area contributed by atoms with Gasteiger partial charge in [0.25, 0.3) is 0 Å². The van der Waals surface area contributed by atoms with Gasteiger partial charge in [0.1, 0.15) is 5.82 Å². The Morgan fingerprint density at radius 2 is 1.93 bits per heavy atom. The van der Waals surface area contributed by atoms with Gasteiger partial charge >= 0.3 is 0 Å². The maximum Gasteiger partial charge on any atom is 0.113 e. The van der Waals surface area contributed by atoms with Crippen LogP contribution in [0.2, 0.25) is 0 Å². The first-order chi connectivity index (χ1) is 7.19. The molecule has 3 saturated carbocycles. The average Bonchev–Trinajstić information content (AvgIpc) is 2.54. The zero-order chi connectivity index (χ0) is 10.1. The first-order valence-electron chi connectivity index (χ1n) is 5.43. The van der Waals surface area contributed by atoms with E-state index in [-0.39, 0.29) is 5.54 Å². The molecular weight excluding hydrogens is 186 g/mol. The highest BCUT2D eigenvalue weighted by Gasteiger charge is 2.68. The number of aromatic amines is 1. The van der Waals surface area contributed by atoms with E-state index >= 15 is 0 Å². The van der Waals surface area contributed by atoms with Gasteiger partial charge in [-0.3, -0.25) is 0 Å². The van der Waals surface area contributed by atoms with E-state index in [1.54, 1.807) is 0 Å². The molecule has 0 radical (unpaired) electrons. The molecule has 2 aromatic rings. The second-order valence-corrected chi connectivity index (χ2v) is 5.28. The molecule has 3 aliphatic carbocycles. The third kappa shape index (κ3) is 0.827. The summed E-state index contributed by atoms with van der Waals surface area (Å²) in [6.45, 7) is 0. The van der Waals surface area contributed by atoms with Gasteiger partial charge in [-0.2, -0.15) is 0 Å². The lowest BCUT2D eigenvalue weighted by Crippen LogP contribution is -2.74. The second-order valence-electron chi connectivity index (χ2n) is 5.28. The molecule has 1 heterocycles. The molecule has 2 bridgehead atoms. The topological polar surface area (TPSA) is 54.7 Å². The van der Waals surface area contributed by atoms with E-state index in [1.165, 1.54) is 0 Å². The summed E-state index contributed by atoms with van der Waals surface area (Å²) >= 11 is 0. The lowest BCUT2D eigenvalue weighted by molar-refractivity contribution is -0.0645. The van der Waals surface area contributed by atoms with Crippen molar-refractivity contribution in [3.63, 3.8) is 0 Å². The monoisotopic (exact) mass is 199 g/mol. The number of H-pyrrole nitrogens is 1. The number of aromatic nitrogens is 2. The van der Waals surface area contributed by atoms with Crippen molar-refractivity contribution in [2.75, 3.05) is 0 Å². The number of nitrogens with two attached hydrogens (primary N) is 1. The molecule has 76 valence electrons. The van der Waals surface area contributed by atoms with Crippen LogP contribution in [0.4, 0.5) is 0 Å². The van der Waals surface area contributed by atoms with Crippen LogP contribution < -0.4 is 5.73 Å². The van der Waals surface area contributed by atoms with E-state index < -0.39 is 0 Å². The Bertz CT molecular complexity index is 502. The van der Waals surface area contributed by atoms with Crippen LogP contribution in [0.5, 0.6) is 0 Å². The van der Waals surface area contributed by atoms with Gasteiger partial charge < -0.3 is 10.7 Å². The van der Waals surface area contributed by atoms with Crippen molar-refractivity contribution in [1.29, 1.82) is 0 Å². The minimum absolute atomic E-state index is 0.152. The molecule has 0 amide bonds. The predicted octanol–water partition coefficient (Wildman–Crippen LogP) is 1.70. The fourth-order valence-corrected chi connectivity index (χ4v) is 3.32. The number of benzene rings is 1. The first kappa shape index (κ1) is 7.88. The summed E-state index contributed by atoms with van der Waals surface area (Å²) < 4.78 is 0. The molecule has 0 aliphatic heterocycles. The van der Waals surface area contributed by atoms with Crippen LogP contribution in [-0.2, 0) is 5.41 Å². The Morgan fingerprint density at radius 1 is 1.20 bits per heavy atom. The van der Waals surface area contributed by atoms with Crippen molar-refractivity contribution in [3.8, 4) is 0 Å². The van der Waals surface area contributed by atoms with Crippen LogP contribution in [0.15, 0.2) is 24.3 Å². The lowest BCUT2D eigenvalue weighted by Gasteiger charge is -2.67. The first-order valence-corrected chi connectivity index (χ1v) is 5.43. The van der Waals surface area contributed by atoms with Gasteiger partial charge in [-0.1, -0.05) is 12.1 Å². The molecule has 1 aromatic carbocycles. The van der Waals surface area contributed by atoms with Crippen molar-refractivity contribution < 1.29 is 0 Å². The molecule has 3 nitrogen and oxygen atoms in total. The molecule has 3 fully saturated rings. The molecule has 3 heteroatoms. The fraction of sp³-hybridized carbons (Fsp3) is 0.417.